The fraction of sp³-hybridized carbons (Fsp3) is 0.0800. The van der Waals surface area contributed by atoms with Gasteiger partial charge in [-0.1, -0.05) is 66.0 Å². The van der Waals surface area contributed by atoms with Crippen molar-refractivity contribution in [2.45, 2.75) is 13.3 Å². The van der Waals surface area contributed by atoms with Gasteiger partial charge < -0.3 is 10.6 Å². The average Bonchev–Trinajstić information content (AvgIpc) is 3.04. The Morgan fingerprint density at radius 1 is 0.882 bits per heavy atom. The van der Waals surface area contributed by atoms with Crippen LogP contribution in [0.15, 0.2) is 77.5 Å². The van der Waals surface area contributed by atoms with Crippen LogP contribution < -0.4 is 15.5 Å². The summed E-state index contributed by atoms with van der Waals surface area (Å²) in [5, 5.41) is 5.65. The fourth-order valence-corrected chi connectivity index (χ4v) is 4.00. The van der Waals surface area contributed by atoms with E-state index in [-0.39, 0.29) is 32.4 Å². The number of hydrogen-bond acceptors (Lipinski definition) is 4. The van der Waals surface area contributed by atoms with Crippen LogP contribution in [0.5, 0.6) is 0 Å². The van der Waals surface area contributed by atoms with Crippen LogP contribution in [0.4, 0.5) is 17.1 Å². The van der Waals surface area contributed by atoms with Crippen LogP contribution in [0.3, 0.4) is 0 Å². The van der Waals surface area contributed by atoms with E-state index in [1.807, 2.05) is 24.3 Å². The molecular weight excluding hydrogens is 497 g/mol. The van der Waals surface area contributed by atoms with Crippen LogP contribution in [-0.2, 0) is 16.0 Å². The molecule has 0 aromatic heterocycles. The molecule has 9 heteroatoms. The maximum Gasteiger partial charge on any atom is 0.283 e. The topological polar surface area (TPSA) is 78.5 Å². The van der Waals surface area contributed by atoms with E-state index >= 15 is 0 Å². The average molecular weight is 515 g/mol. The molecule has 0 spiro atoms. The molecule has 0 atom stereocenters. The van der Waals surface area contributed by atoms with Gasteiger partial charge in [0.15, 0.2) is 0 Å². The molecule has 6 nitrogen and oxygen atoms in total. The zero-order valence-electron chi connectivity index (χ0n) is 17.9. The quantitative estimate of drug-likeness (QED) is 0.382. The van der Waals surface area contributed by atoms with Crippen molar-refractivity contribution in [2.24, 2.45) is 0 Å². The Morgan fingerprint density at radius 2 is 1.59 bits per heavy atom. The van der Waals surface area contributed by atoms with Crippen LogP contribution in [0, 0.1) is 0 Å². The third-order valence-corrected chi connectivity index (χ3v) is 6.37. The number of halogens is 3. The molecule has 0 unspecified atom stereocenters. The molecule has 3 aromatic carbocycles. The maximum atomic E-state index is 13.0. The molecule has 34 heavy (non-hydrogen) atoms. The first-order valence-electron chi connectivity index (χ1n) is 10.3. The van der Waals surface area contributed by atoms with Gasteiger partial charge in [-0.15, -0.1) is 0 Å². The molecule has 0 saturated heterocycles. The van der Waals surface area contributed by atoms with Crippen LogP contribution in [0.1, 0.15) is 22.8 Å². The van der Waals surface area contributed by atoms with Crippen LogP contribution in [0.2, 0.25) is 10.0 Å². The van der Waals surface area contributed by atoms with E-state index in [0.29, 0.717) is 16.9 Å². The Morgan fingerprint density at radius 3 is 2.29 bits per heavy atom. The van der Waals surface area contributed by atoms with Crippen molar-refractivity contribution in [1.29, 1.82) is 0 Å². The minimum absolute atomic E-state index is 0.0576. The van der Waals surface area contributed by atoms with Gasteiger partial charge in [-0.2, -0.15) is 0 Å². The highest BCUT2D eigenvalue weighted by molar-refractivity contribution is 6.54. The Balaban J connectivity index is 1.54. The number of amides is 3. The van der Waals surface area contributed by atoms with Gasteiger partial charge in [-0.05, 0) is 54.4 Å². The van der Waals surface area contributed by atoms with Gasteiger partial charge in [0.1, 0.15) is 10.7 Å². The van der Waals surface area contributed by atoms with E-state index in [2.05, 4.69) is 17.6 Å². The summed E-state index contributed by atoms with van der Waals surface area (Å²) in [6.07, 6.45) is 0.905. The minimum atomic E-state index is -0.734. The van der Waals surface area contributed by atoms with Gasteiger partial charge >= 0.3 is 0 Å². The number of carbonyl (C=O) groups is 3. The molecule has 0 saturated carbocycles. The van der Waals surface area contributed by atoms with Gasteiger partial charge in [0, 0.05) is 16.9 Å². The normalized spacial score (nSPS) is 13.5. The van der Waals surface area contributed by atoms with Gasteiger partial charge in [-0.3, -0.25) is 14.4 Å². The molecule has 172 valence electrons. The van der Waals surface area contributed by atoms with Gasteiger partial charge in [-0.25, -0.2) is 4.90 Å². The van der Waals surface area contributed by atoms with E-state index in [9.17, 15) is 14.4 Å². The van der Waals surface area contributed by atoms with Gasteiger partial charge in [0.05, 0.1) is 15.7 Å². The van der Waals surface area contributed by atoms with E-state index in [4.69, 9.17) is 34.8 Å². The number of anilines is 3. The highest BCUT2D eigenvalue weighted by atomic mass is 35.5. The second-order valence-corrected chi connectivity index (χ2v) is 8.58. The van der Waals surface area contributed by atoms with Gasteiger partial charge in [0.2, 0.25) is 0 Å². The van der Waals surface area contributed by atoms with E-state index in [1.54, 1.807) is 36.4 Å². The lowest BCUT2D eigenvalue weighted by atomic mass is 10.1. The molecule has 3 amide bonds. The Hall–Kier alpha value is -3.32. The molecule has 1 aliphatic heterocycles. The van der Waals surface area contributed by atoms with Crippen molar-refractivity contribution < 1.29 is 14.4 Å². The second kappa shape index (κ2) is 9.89. The number of aryl methyl sites for hydroxylation is 1. The maximum absolute atomic E-state index is 13.0. The van der Waals surface area contributed by atoms with Crippen molar-refractivity contribution in [3.8, 4) is 0 Å². The molecule has 1 aliphatic rings. The molecular formula is C25H18Cl3N3O3. The Kier molecular flexibility index (Phi) is 6.93. The lowest BCUT2D eigenvalue weighted by Gasteiger charge is -2.17. The van der Waals surface area contributed by atoms with Crippen molar-refractivity contribution in [3.05, 3.63) is 98.6 Å². The van der Waals surface area contributed by atoms with Crippen molar-refractivity contribution in [2.75, 3.05) is 15.5 Å². The predicted octanol–water partition coefficient (Wildman–Crippen LogP) is 6.24. The number of nitrogens with zero attached hydrogens (tertiary/aromatic N) is 1. The van der Waals surface area contributed by atoms with Gasteiger partial charge in [0.25, 0.3) is 17.7 Å². The number of benzene rings is 3. The number of nitrogens with one attached hydrogen (secondary N) is 2. The summed E-state index contributed by atoms with van der Waals surface area (Å²) in [6.45, 7) is 2.05. The molecule has 3 aromatic rings. The predicted molar refractivity (Wildman–Crippen MR) is 136 cm³/mol. The molecule has 2 N–H and O–H groups in total. The Bertz CT molecular complexity index is 1340. The molecule has 4 rings (SSSR count). The molecule has 0 fully saturated rings. The van der Waals surface area contributed by atoms with Crippen LogP contribution >= 0.6 is 34.8 Å². The first-order valence-corrected chi connectivity index (χ1v) is 11.4. The van der Waals surface area contributed by atoms with Crippen LogP contribution in [0.25, 0.3) is 0 Å². The van der Waals surface area contributed by atoms with Crippen molar-refractivity contribution in [1.82, 2.24) is 0 Å². The third kappa shape index (κ3) is 4.66. The molecule has 0 radical (unpaired) electrons. The first kappa shape index (κ1) is 23.8. The lowest BCUT2D eigenvalue weighted by molar-refractivity contribution is -0.120. The monoisotopic (exact) mass is 513 g/mol. The second-order valence-electron chi connectivity index (χ2n) is 7.42. The largest absolute Gasteiger partial charge is 0.350 e. The summed E-state index contributed by atoms with van der Waals surface area (Å²) in [6, 6.07) is 18.7. The number of hydrogen-bond donors (Lipinski definition) is 2. The summed E-state index contributed by atoms with van der Waals surface area (Å²) in [5.74, 6) is -1.75. The summed E-state index contributed by atoms with van der Waals surface area (Å²) in [5.41, 5.74) is 2.59. The first-order chi connectivity index (χ1) is 16.3. The highest BCUT2D eigenvalue weighted by Gasteiger charge is 2.40. The van der Waals surface area contributed by atoms with E-state index < -0.39 is 11.8 Å². The summed E-state index contributed by atoms with van der Waals surface area (Å²) in [7, 11) is 0. The van der Waals surface area contributed by atoms with E-state index in [1.165, 1.54) is 11.6 Å². The minimum Gasteiger partial charge on any atom is -0.350 e. The SMILES string of the molecule is CCc1ccc(NC(=O)c2cccc(NC3=C(Cl)C(=O)N(c4cccc(Cl)c4Cl)C3=O)c2)cc1. The third-order valence-electron chi connectivity index (χ3n) is 5.21. The fourth-order valence-electron chi connectivity index (χ4n) is 3.40. The van der Waals surface area contributed by atoms with Crippen molar-refractivity contribution in [3.63, 3.8) is 0 Å². The number of rotatable bonds is 6. The number of imide groups is 1. The molecule has 0 aliphatic carbocycles. The number of carbonyl (C=O) groups excluding carboxylic acids is 3. The molecule has 0 bridgehead atoms. The van der Waals surface area contributed by atoms with Crippen molar-refractivity contribution >= 4 is 69.6 Å². The summed E-state index contributed by atoms with van der Waals surface area (Å²) >= 11 is 18.4. The lowest BCUT2D eigenvalue weighted by Crippen LogP contribution is -2.32. The zero-order chi connectivity index (χ0) is 24.4. The smallest absolute Gasteiger partial charge is 0.283 e. The highest BCUT2D eigenvalue weighted by Crippen LogP contribution is 2.37. The van der Waals surface area contributed by atoms with E-state index in [0.717, 1.165) is 11.3 Å². The summed E-state index contributed by atoms with van der Waals surface area (Å²) in [4.78, 5) is 39.3. The van der Waals surface area contributed by atoms with Crippen LogP contribution in [-0.4, -0.2) is 17.7 Å². The summed E-state index contributed by atoms with van der Waals surface area (Å²) < 4.78 is 0. The standard InChI is InChI=1S/C25H18Cl3N3O3/c1-2-14-9-11-16(12-10-14)30-23(32)15-5-3-6-17(13-15)29-22-21(28)24(33)31(25(22)34)19-8-4-7-18(26)20(19)27/h3-13,29H,2H2,1H3,(H,30,32). The molecule has 1 heterocycles. The zero-order valence-corrected chi connectivity index (χ0v) is 20.1. The Labute approximate surface area is 211 Å².